The van der Waals surface area contributed by atoms with Gasteiger partial charge in [-0.2, -0.15) is 26.3 Å². The van der Waals surface area contributed by atoms with E-state index in [1.165, 1.54) is 0 Å². The van der Waals surface area contributed by atoms with E-state index in [9.17, 15) is 31.1 Å². The summed E-state index contributed by atoms with van der Waals surface area (Å²) in [6.07, 6.45) is -8.01. The van der Waals surface area contributed by atoms with E-state index in [1.807, 2.05) is 13.8 Å². The summed E-state index contributed by atoms with van der Waals surface area (Å²) in [7, 11) is 0. The lowest BCUT2D eigenvalue weighted by Crippen LogP contribution is -2.25. The van der Waals surface area contributed by atoms with Crippen LogP contribution in [0.1, 0.15) is 30.5 Å². The molecule has 0 atom stereocenters. The summed E-state index contributed by atoms with van der Waals surface area (Å²) in [5, 5.41) is 2.47. The number of hydrogen-bond donors (Lipinski definition) is 1. The van der Waals surface area contributed by atoms with E-state index < -0.39 is 29.4 Å². The van der Waals surface area contributed by atoms with Crippen molar-refractivity contribution in [2.45, 2.75) is 26.2 Å². The third-order valence-electron chi connectivity index (χ3n) is 2.72. The largest absolute Gasteiger partial charge is 0.416 e. The van der Waals surface area contributed by atoms with E-state index in [0.29, 0.717) is 18.7 Å². The SMILES string of the molecule is CC(C)CNC(=O)C=Cc1cc(C(F)(F)F)cc(C(F)(F)F)c1. The molecule has 0 radical (unpaired) electrons. The zero-order valence-electron chi connectivity index (χ0n) is 12.3. The monoisotopic (exact) mass is 339 g/mol. The Bertz CT molecular complexity index is 554. The molecule has 0 aliphatic heterocycles. The normalized spacial score (nSPS) is 12.9. The first-order chi connectivity index (χ1) is 10.4. The molecule has 0 aliphatic carbocycles. The van der Waals surface area contributed by atoms with Crippen molar-refractivity contribution in [3.8, 4) is 0 Å². The van der Waals surface area contributed by atoms with Crippen molar-refractivity contribution in [3.05, 3.63) is 41.0 Å². The number of alkyl halides is 6. The smallest absolute Gasteiger partial charge is 0.352 e. The van der Waals surface area contributed by atoms with Gasteiger partial charge in [0.2, 0.25) is 5.91 Å². The molecule has 23 heavy (non-hydrogen) atoms. The van der Waals surface area contributed by atoms with Crippen LogP contribution < -0.4 is 5.32 Å². The van der Waals surface area contributed by atoms with Gasteiger partial charge in [-0.1, -0.05) is 13.8 Å². The van der Waals surface area contributed by atoms with E-state index in [2.05, 4.69) is 5.32 Å². The molecule has 0 bridgehead atoms. The van der Waals surface area contributed by atoms with Gasteiger partial charge in [0.25, 0.3) is 0 Å². The number of halogens is 6. The minimum Gasteiger partial charge on any atom is -0.352 e. The van der Waals surface area contributed by atoms with Gasteiger partial charge >= 0.3 is 12.4 Å². The molecule has 0 heterocycles. The number of carbonyl (C=O) groups excluding carboxylic acids is 1. The summed E-state index contributed by atoms with van der Waals surface area (Å²) >= 11 is 0. The third-order valence-corrected chi connectivity index (χ3v) is 2.72. The minimum absolute atomic E-state index is 0.0379. The molecule has 8 heteroatoms. The molecule has 2 nitrogen and oxygen atoms in total. The zero-order valence-corrected chi connectivity index (χ0v) is 12.3. The molecule has 1 amide bonds. The highest BCUT2D eigenvalue weighted by molar-refractivity contribution is 5.91. The molecular formula is C15H15F6NO. The Kier molecular flexibility index (Phi) is 5.85. The highest BCUT2D eigenvalue weighted by atomic mass is 19.4. The maximum absolute atomic E-state index is 12.7. The Balaban J connectivity index is 3.08. The number of nitrogens with one attached hydrogen (secondary N) is 1. The summed E-state index contributed by atoms with van der Waals surface area (Å²) in [6, 6.07) is 1.15. The molecule has 0 unspecified atom stereocenters. The van der Waals surface area contributed by atoms with Crippen LogP contribution in [-0.4, -0.2) is 12.5 Å². The first-order valence-corrected chi connectivity index (χ1v) is 6.65. The molecule has 1 rings (SSSR count). The van der Waals surface area contributed by atoms with E-state index in [0.717, 1.165) is 12.2 Å². The van der Waals surface area contributed by atoms with Crippen molar-refractivity contribution in [1.29, 1.82) is 0 Å². The lowest BCUT2D eigenvalue weighted by Gasteiger charge is -2.13. The number of carbonyl (C=O) groups is 1. The van der Waals surface area contributed by atoms with E-state index >= 15 is 0 Å². The second-order valence-electron chi connectivity index (χ2n) is 5.31. The van der Waals surface area contributed by atoms with Gasteiger partial charge in [0, 0.05) is 12.6 Å². The molecule has 0 saturated carbocycles. The summed E-state index contributed by atoms with van der Waals surface area (Å²) in [5.74, 6) is -0.428. The minimum atomic E-state index is -4.91. The number of amides is 1. The Labute approximate surface area is 129 Å². The quantitative estimate of drug-likeness (QED) is 0.635. The van der Waals surface area contributed by atoms with Crippen LogP contribution in [0.3, 0.4) is 0 Å². The Morgan fingerprint density at radius 2 is 1.52 bits per heavy atom. The van der Waals surface area contributed by atoms with Crippen molar-refractivity contribution in [2.75, 3.05) is 6.54 Å². The fourth-order valence-corrected chi connectivity index (χ4v) is 1.61. The van der Waals surface area contributed by atoms with Gasteiger partial charge in [0.05, 0.1) is 11.1 Å². The Morgan fingerprint density at radius 3 is 1.91 bits per heavy atom. The van der Waals surface area contributed by atoms with E-state index in [-0.39, 0.29) is 17.5 Å². The summed E-state index contributed by atoms with van der Waals surface area (Å²) in [6.45, 7) is 4.03. The molecule has 0 fully saturated rings. The lowest BCUT2D eigenvalue weighted by atomic mass is 10.0. The maximum atomic E-state index is 12.7. The summed E-state index contributed by atoms with van der Waals surface area (Å²) in [5.41, 5.74) is -3.20. The average molecular weight is 339 g/mol. The molecule has 0 spiro atoms. The Morgan fingerprint density at radius 1 is 1.04 bits per heavy atom. The molecule has 0 saturated heterocycles. The van der Waals surface area contributed by atoms with E-state index in [4.69, 9.17) is 0 Å². The molecule has 1 N–H and O–H groups in total. The average Bonchev–Trinajstić information content (AvgIpc) is 2.40. The molecular weight excluding hydrogens is 324 g/mol. The van der Waals surface area contributed by atoms with Crippen LogP contribution in [0.25, 0.3) is 6.08 Å². The summed E-state index contributed by atoms with van der Waals surface area (Å²) < 4.78 is 76.0. The van der Waals surface area contributed by atoms with Gasteiger partial charge in [0.15, 0.2) is 0 Å². The van der Waals surface area contributed by atoms with Crippen molar-refractivity contribution >= 4 is 12.0 Å². The highest BCUT2D eigenvalue weighted by Gasteiger charge is 2.36. The van der Waals surface area contributed by atoms with Crippen molar-refractivity contribution in [3.63, 3.8) is 0 Å². The third kappa shape index (κ3) is 6.33. The van der Waals surface area contributed by atoms with Crippen molar-refractivity contribution < 1.29 is 31.1 Å². The van der Waals surface area contributed by atoms with Crippen LogP contribution in [0, 0.1) is 5.92 Å². The van der Waals surface area contributed by atoms with Gasteiger partial charge < -0.3 is 5.32 Å². The number of benzene rings is 1. The van der Waals surface area contributed by atoms with Crippen LogP contribution in [0.5, 0.6) is 0 Å². The van der Waals surface area contributed by atoms with Gasteiger partial charge in [0.1, 0.15) is 0 Å². The fraction of sp³-hybridized carbons (Fsp3) is 0.400. The molecule has 1 aromatic rings. The highest BCUT2D eigenvalue weighted by Crippen LogP contribution is 2.36. The number of hydrogen-bond acceptors (Lipinski definition) is 1. The van der Waals surface area contributed by atoms with Crippen LogP contribution in [0.2, 0.25) is 0 Å². The Hall–Kier alpha value is -1.99. The topological polar surface area (TPSA) is 29.1 Å². The second kappa shape index (κ2) is 7.06. The molecule has 0 aliphatic rings. The van der Waals surface area contributed by atoms with Gasteiger partial charge in [-0.05, 0) is 35.8 Å². The first kappa shape index (κ1) is 19.1. The van der Waals surface area contributed by atoms with Crippen molar-refractivity contribution in [1.82, 2.24) is 5.32 Å². The second-order valence-corrected chi connectivity index (χ2v) is 5.31. The lowest BCUT2D eigenvalue weighted by molar-refractivity contribution is -0.143. The molecule has 128 valence electrons. The van der Waals surface area contributed by atoms with Crippen molar-refractivity contribution in [2.24, 2.45) is 5.92 Å². The predicted molar refractivity (Wildman–Crippen MR) is 73.3 cm³/mol. The predicted octanol–water partition coefficient (Wildman–Crippen LogP) is 4.51. The maximum Gasteiger partial charge on any atom is 0.416 e. The van der Waals surface area contributed by atoms with Crippen LogP contribution >= 0.6 is 0 Å². The molecule has 0 aromatic heterocycles. The number of rotatable bonds is 4. The zero-order chi connectivity index (χ0) is 17.8. The van der Waals surface area contributed by atoms with Crippen LogP contribution in [0.15, 0.2) is 24.3 Å². The van der Waals surface area contributed by atoms with Gasteiger partial charge in [-0.25, -0.2) is 0 Å². The van der Waals surface area contributed by atoms with Crippen LogP contribution in [0.4, 0.5) is 26.3 Å². The van der Waals surface area contributed by atoms with Crippen LogP contribution in [-0.2, 0) is 17.1 Å². The first-order valence-electron chi connectivity index (χ1n) is 6.65. The molecule has 1 aromatic carbocycles. The standard InChI is InChI=1S/C15H15F6NO/c1-9(2)8-22-13(23)4-3-10-5-11(14(16,17)18)7-12(6-10)15(19,20)21/h3-7,9H,8H2,1-2H3,(H,22,23). The van der Waals surface area contributed by atoms with E-state index in [1.54, 1.807) is 0 Å². The van der Waals surface area contributed by atoms with Gasteiger partial charge in [-0.3, -0.25) is 4.79 Å². The summed E-state index contributed by atoms with van der Waals surface area (Å²) in [4.78, 5) is 11.4. The van der Waals surface area contributed by atoms with Gasteiger partial charge in [-0.15, -0.1) is 0 Å². The fourth-order valence-electron chi connectivity index (χ4n) is 1.61.